The van der Waals surface area contributed by atoms with Crippen LogP contribution in [0.25, 0.3) is 0 Å². The molecule has 0 aliphatic heterocycles. The first kappa shape index (κ1) is 73.5. The molecule has 22 heteroatoms. The Morgan fingerprint density at radius 3 is 0.429 bits per heavy atom. The van der Waals surface area contributed by atoms with Gasteiger partial charge in [0.2, 0.25) is 0 Å². The number of hydrogen-bond donors (Lipinski definition) is 0. The summed E-state index contributed by atoms with van der Waals surface area (Å²) < 4.78 is 101. The predicted octanol–water partition coefficient (Wildman–Crippen LogP) is 19.3. The molecule has 98 heavy (non-hydrogen) atoms. The van der Waals surface area contributed by atoms with Crippen molar-refractivity contribution >= 4 is 74.1 Å². The summed E-state index contributed by atoms with van der Waals surface area (Å²) in [6.45, 7) is -16.9. The fourth-order valence-corrected chi connectivity index (χ4v) is 18.2. The molecule has 11 rings (SSSR count). The molecule has 0 spiro atoms. The summed E-state index contributed by atoms with van der Waals surface area (Å²) in [4.78, 5) is 0. The van der Waals surface area contributed by atoms with Gasteiger partial charge in [-0.1, -0.05) is 303 Å². The molecule has 508 valence electrons. The van der Waals surface area contributed by atoms with Crippen molar-refractivity contribution in [3.8, 4) is 0 Å². The molecule has 1 fully saturated rings. The Kier molecular flexibility index (Phi) is 28.3. The molecule has 1 saturated carbocycles. The summed E-state index contributed by atoms with van der Waals surface area (Å²) in [5.41, 5.74) is 7.90. The van der Waals surface area contributed by atoms with Crippen molar-refractivity contribution < 1.29 is 63.8 Å². The van der Waals surface area contributed by atoms with Crippen LogP contribution in [0.15, 0.2) is 303 Å². The number of ether oxygens (including phenoxy) is 2. The van der Waals surface area contributed by atoms with E-state index in [1.807, 2.05) is 303 Å². The molecule has 0 saturated heterocycles. The molecule has 1 aliphatic carbocycles. The highest BCUT2D eigenvalue weighted by Gasteiger charge is 2.61. The Labute approximate surface area is 595 Å². The molecule has 6 atom stereocenters. The second-order valence-corrected chi connectivity index (χ2v) is 34.5. The Morgan fingerprint density at radius 2 is 0.296 bits per heavy atom. The lowest BCUT2D eigenvalue weighted by Crippen LogP contribution is -2.66. The molecule has 10 aromatic carbocycles. The minimum Gasteiger partial charge on any atom is -0.368 e. The first-order chi connectivity index (χ1) is 47.9. The van der Waals surface area contributed by atoms with Crippen molar-refractivity contribution in [3.05, 3.63) is 359 Å². The van der Waals surface area contributed by atoms with Crippen LogP contribution >= 0.6 is 26.9 Å². The molecular formula is C76H76O14P4S4. The SMILES string of the molecule is S=P(OCc1ccccc1)(OCc1ccccc1)O[C@@H]1C(OCc2ccccc2)[C@H](OP(=S)(OCc2ccccc2)OCc2ccccc2)[C@@H](OP(=S)(OCc2ccccc2)OCc2ccccc2)C(OCc2ccccc2)[C@H]1OP(=S)(OCc1ccccc1)OCc1ccccc1. The zero-order valence-corrected chi connectivity index (χ0v) is 60.4. The van der Waals surface area contributed by atoms with Gasteiger partial charge < -0.3 is 45.7 Å². The quantitative estimate of drug-likeness (QED) is 0.0340. The maximum atomic E-state index is 7.68. The smallest absolute Gasteiger partial charge is 0.328 e. The van der Waals surface area contributed by atoms with E-state index in [0.717, 1.165) is 55.6 Å². The number of hydrogen-bond acceptors (Lipinski definition) is 18. The van der Waals surface area contributed by atoms with E-state index in [0.29, 0.717) is 0 Å². The number of benzene rings is 10. The van der Waals surface area contributed by atoms with E-state index in [9.17, 15) is 0 Å². The third-order valence-electron chi connectivity index (χ3n) is 15.4. The fourth-order valence-electron chi connectivity index (χ4n) is 10.3. The molecule has 0 aromatic heterocycles. The van der Waals surface area contributed by atoms with Gasteiger partial charge in [-0.2, -0.15) is 0 Å². The van der Waals surface area contributed by atoms with Crippen LogP contribution in [0.3, 0.4) is 0 Å². The average molecular weight is 1470 g/mol. The molecule has 0 radical (unpaired) electrons. The lowest BCUT2D eigenvalue weighted by Gasteiger charge is -2.51. The maximum absolute atomic E-state index is 7.68. The van der Waals surface area contributed by atoms with E-state index in [1.54, 1.807) is 0 Å². The topological polar surface area (TPSA) is 129 Å². The molecule has 1 aliphatic rings. The molecule has 2 unspecified atom stereocenters. The summed E-state index contributed by atoms with van der Waals surface area (Å²) in [6.07, 6.45) is -8.92. The number of rotatable bonds is 38. The summed E-state index contributed by atoms with van der Waals surface area (Å²) in [5, 5.41) is 0. The van der Waals surface area contributed by atoms with E-state index < -0.39 is 63.5 Å². The first-order valence-corrected chi connectivity index (χ1v) is 42.1. The lowest BCUT2D eigenvalue weighted by molar-refractivity contribution is -0.235. The van der Waals surface area contributed by atoms with Crippen LogP contribution in [-0.2, 0) is 177 Å². The van der Waals surface area contributed by atoms with Crippen LogP contribution < -0.4 is 0 Å². The van der Waals surface area contributed by atoms with Crippen LogP contribution in [0.5, 0.6) is 0 Å². The van der Waals surface area contributed by atoms with E-state index >= 15 is 0 Å². The van der Waals surface area contributed by atoms with Crippen LogP contribution in [-0.4, -0.2) is 36.6 Å². The van der Waals surface area contributed by atoms with Crippen LogP contribution in [0.2, 0.25) is 0 Å². The van der Waals surface area contributed by atoms with Gasteiger partial charge >= 0.3 is 26.9 Å². The highest BCUT2D eigenvalue weighted by molar-refractivity contribution is 8.08. The highest BCUT2D eigenvalue weighted by Crippen LogP contribution is 2.63. The molecule has 0 bridgehead atoms. The second-order valence-electron chi connectivity index (χ2n) is 22.7. The van der Waals surface area contributed by atoms with E-state index in [1.165, 1.54) is 0 Å². The zero-order chi connectivity index (χ0) is 67.6. The van der Waals surface area contributed by atoms with Gasteiger partial charge in [-0.05, 0) is 103 Å². The van der Waals surface area contributed by atoms with E-state index in [4.69, 9.17) is 111 Å². The van der Waals surface area contributed by atoms with Gasteiger partial charge in [0, 0.05) is 0 Å². The summed E-state index contributed by atoms with van der Waals surface area (Å²) in [5.74, 6) is 0. The Morgan fingerprint density at radius 1 is 0.173 bits per heavy atom. The second kappa shape index (κ2) is 37.8. The van der Waals surface area contributed by atoms with Crippen molar-refractivity contribution in [2.75, 3.05) is 0 Å². The van der Waals surface area contributed by atoms with E-state index in [-0.39, 0.29) is 66.1 Å². The van der Waals surface area contributed by atoms with Crippen LogP contribution in [0.1, 0.15) is 55.6 Å². The summed E-state index contributed by atoms with van der Waals surface area (Å²) >= 11 is 27.0. The fraction of sp³-hybridized carbons (Fsp3) is 0.211. The van der Waals surface area contributed by atoms with Gasteiger partial charge in [0.05, 0.1) is 66.1 Å². The van der Waals surface area contributed by atoms with Gasteiger partial charge in [0.15, 0.2) is 0 Å². The van der Waals surface area contributed by atoms with Crippen LogP contribution in [0.4, 0.5) is 0 Å². The van der Waals surface area contributed by atoms with Crippen molar-refractivity contribution in [3.63, 3.8) is 0 Å². The molecule has 0 heterocycles. The third kappa shape index (κ3) is 23.1. The van der Waals surface area contributed by atoms with Gasteiger partial charge in [-0.15, -0.1) is 0 Å². The minimum atomic E-state index is -4.14. The Balaban J connectivity index is 1.15. The van der Waals surface area contributed by atoms with Crippen molar-refractivity contribution in [1.82, 2.24) is 0 Å². The zero-order valence-electron chi connectivity index (χ0n) is 53.5. The Bertz CT molecular complexity index is 3460. The van der Waals surface area contributed by atoms with Crippen molar-refractivity contribution in [2.24, 2.45) is 0 Å². The average Bonchev–Trinajstić information content (AvgIpc) is 0.743. The van der Waals surface area contributed by atoms with Crippen molar-refractivity contribution in [1.29, 1.82) is 0 Å². The molecule has 10 aromatic rings. The molecular weight excluding hydrogens is 1390 g/mol. The lowest BCUT2D eigenvalue weighted by atomic mass is 9.84. The molecule has 0 amide bonds. The van der Waals surface area contributed by atoms with Gasteiger partial charge in [0.1, 0.15) is 36.6 Å². The van der Waals surface area contributed by atoms with Gasteiger partial charge in [-0.3, -0.25) is 18.1 Å². The standard InChI is InChI=1S/C76H76O14P4S4/c95-91(79-53-63-35-15-3-16-36-63,80-54-64-37-17-4-18-38-64)87-73-71(77-51-61-31-11-1-12-32-61)74(88-92(96,81-55-65-39-19-5-20-40-65)82-56-66-41-21-6-22-42-66)76(90-94(98,85-59-69-47-27-9-28-48-69)86-60-70-49-29-10-30-50-70)72(78-52-62-33-13-2-14-34-62)75(73)89-93(97,83-57-67-43-23-7-24-44-67)84-58-68-45-25-8-26-46-68/h1-50,71-76H,51-60H2/t71?,72?,73-,74+,75-,76+. The highest BCUT2D eigenvalue weighted by atomic mass is 32.5. The predicted molar refractivity (Wildman–Crippen MR) is 397 cm³/mol. The molecule has 14 nitrogen and oxygen atoms in total. The normalized spacial score (nSPS) is 17.5. The summed E-state index contributed by atoms with van der Waals surface area (Å²) in [7, 11) is 0. The van der Waals surface area contributed by atoms with Gasteiger partial charge in [-0.25, -0.2) is 0 Å². The van der Waals surface area contributed by atoms with Gasteiger partial charge in [0.25, 0.3) is 0 Å². The molecule has 0 N–H and O–H groups in total. The van der Waals surface area contributed by atoms with Crippen molar-refractivity contribution in [2.45, 2.75) is 103 Å². The van der Waals surface area contributed by atoms with Crippen LogP contribution in [0, 0.1) is 0 Å². The third-order valence-corrected chi connectivity index (χ3v) is 24.5. The maximum Gasteiger partial charge on any atom is 0.328 e. The largest absolute Gasteiger partial charge is 0.368 e. The van der Waals surface area contributed by atoms with E-state index in [2.05, 4.69) is 0 Å². The first-order valence-electron chi connectivity index (χ1n) is 31.9. The monoisotopic (exact) mass is 1460 g/mol. The summed E-state index contributed by atoms with van der Waals surface area (Å²) in [6, 6.07) is 96.2. The Hall–Kier alpha value is -5.76. The minimum absolute atomic E-state index is 0.0272.